The Kier molecular flexibility index (Phi) is 3.77. The van der Waals surface area contributed by atoms with Crippen molar-refractivity contribution in [3.05, 3.63) is 27.3 Å². The largest absolute Gasteiger partial charge is 0.393 e. The fourth-order valence-corrected chi connectivity index (χ4v) is 3.71. The van der Waals surface area contributed by atoms with E-state index in [0.29, 0.717) is 12.2 Å². The number of hydrogen-bond acceptors (Lipinski definition) is 6. The summed E-state index contributed by atoms with van der Waals surface area (Å²) in [5, 5.41) is 25.1. The Balaban J connectivity index is 1.88. The minimum atomic E-state index is -0.373. The third-order valence-corrected chi connectivity index (χ3v) is 4.92. The molecule has 0 radical (unpaired) electrons. The van der Waals surface area contributed by atoms with Crippen molar-refractivity contribution in [2.24, 2.45) is 5.92 Å². The zero-order valence-corrected chi connectivity index (χ0v) is 12.5. The van der Waals surface area contributed by atoms with Gasteiger partial charge in [0.1, 0.15) is 5.69 Å². The monoisotopic (exact) mass is 307 g/mol. The lowest BCUT2D eigenvalue weighted by molar-refractivity contribution is -0.383. The summed E-state index contributed by atoms with van der Waals surface area (Å²) in [6.45, 7) is 2.44. The van der Waals surface area contributed by atoms with Crippen molar-refractivity contribution in [2.45, 2.75) is 32.3 Å². The standard InChI is InChI=1S/C14H17N3O3S/c1-8-16-11-5-10(12(17(19)20)6-14(11)21-8)15-7-9-3-2-4-13(9)18/h5-6,9,13,15,18H,2-4,7H2,1H3. The van der Waals surface area contributed by atoms with E-state index < -0.39 is 0 Å². The summed E-state index contributed by atoms with van der Waals surface area (Å²) < 4.78 is 0.825. The smallest absolute Gasteiger partial charge is 0.293 e. The van der Waals surface area contributed by atoms with Crippen LogP contribution in [-0.2, 0) is 0 Å². The molecule has 21 heavy (non-hydrogen) atoms. The Bertz CT molecular complexity index is 685. The zero-order chi connectivity index (χ0) is 15.0. The van der Waals surface area contributed by atoms with Gasteiger partial charge in [-0.25, -0.2) is 4.98 Å². The van der Waals surface area contributed by atoms with Gasteiger partial charge in [0.2, 0.25) is 0 Å². The molecule has 1 heterocycles. The normalized spacial score (nSPS) is 21.8. The quantitative estimate of drug-likeness (QED) is 0.669. The molecule has 1 aliphatic rings. The van der Waals surface area contributed by atoms with E-state index >= 15 is 0 Å². The molecule has 0 bridgehead atoms. The van der Waals surface area contributed by atoms with E-state index in [4.69, 9.17) is 0 Å². The number of aliphatic hydroxyl groups excluding tert-OH is 1. The number of nitro benzene ring substituents is 1. The topological polar surface area (TPSA) is 88.3 Å². The summed E-state index contributed by atoms with van der Waals surface area (Å²) in [6, 6.07) is 3.31. The van der Waals surface area contributed by atoms with Gasteiger partial charge in [0.15, 0.2) is 0 Å². The van der Waals surface area contributed by atoms with Crippen LogP contribution in [-0.4, -0.2) is 27.7 Å². The lowest BCUT2D eigenvalue weighted by Crippen LogP contribution is -2.22. The lowest BCUT2D eigenvalue weighted by Gasteiger charge is -2.15. The van der Waals surface area contributed by atoms with E-state index in [1.165, 1.54) is 11.3 Å². The molecule has 1 saturated carbocycles. The predicted octanol–water partition coefficient (Wildman–Crippen LogP) is 3.09. The van der Waals surface area contributed by atoms with E-state index in [1.807, 2.05) is 6.92 Å². The number of anilines is 1. The van der Waals surface area contributed by atoms with Gasteiger partial charge in [-0.2, -0.15) is 0 Å². The Hall–Kier alpha value is -1.73. The van der Waals surface area contributed by atoms with E-state index in [0.717, 1.165) is 34.5 Å². The first-order chi connectivity index (χ1) is 10.0. The number of aliphatic hydroxyl groups is 1. The third-order valence-electron chi connectivity index (χ3n) is 3.98. The molecule has 1 aliphatic carbocycles. The van der Waals surface area contributed by atoms with Gasteiger partial charge in [-0.05, 0) is 25.8 Å². The van der Waals surface area contributed by atoms with E-state index in [1.54, 1.807) is 12.1 Å². The van der Waals surface area contributed by atoms with Crippen LogP contribution in [0.2, 0.25) is 0 Å². The highest BCUT2D eigenvalue weighted by Gasteiger charge is 2.26. The minimum Gasteiger partial charge on any atom is -0.393 e. The maximum Gasteiger partial charge on any atom is 0.293 e. The number of nitrogens with zero attached hydrogens (tertiary/aromatic N) is 2. The molecule has 6 nitrogen and oxygen atoms in total. The number of rotatable bonds is 4. The van der Waals surface area contributed by atoms with E-state index in [2.05, 4.69) is 10.3 Å². The molecule has 0 aliphatic heterocycles. The van der Waals surface area contributed by atoms with E-state index in [-0.39, 0.29) is 22.6 Å². The number of nitro groups is 1. The maximum absolute atomic E-state index is 11.2. The first kappa shape index (κ1) is 14.2. The molecule has 112 valence electrons. The number of aryl methyl sites for hydroxylation is 1. The minimum absolute atomic E-state index is 0.0682. The average Bonchev–Trinajstić information content (AvgIpc) is 2.99. The second kappa shape index (κ2) is 5.57. The van der Waals surface area contributed by atoms with Gasteiger partial charge in [-0.1, -0.05) is 6.42 Å². The molecule has 2 N–H and O–H groups in total. The number of nitrogens with one attached hydrogen (secondary N) is 1. The fraction of sp³-hybridized carbons (Fsp3) is 0.500. The first-order valence-electron chi connectivity index (χ1n) is 7.02. The third kappa shape index (κ3) is 2.84. The van der Waals surface area contributed by atoms with Crippen LogP contribution in [0.5, 0.6) is 0 Å². The number of fused-ring (bicyclic) bond motifs is 1. The van der Waals surface area contributed by atoms with Gasteiger partial charge in [0, 0.05) is 18.5 Å². The average molecular weight is 307 g/mol. The van der Waals surface area contributed by atoms with Crippen LogP contribution in [0.25, 0.3) is 10.2 Å². The fourth-order valence-electron chi connectivity index (χ4n) is 2.87. The summed E-state index contributed by atoms with van der Waals surface area (Å²) in [7, 11) is 0. The van der Waals surface area contributed by atoms with E-state index in [9.17, 15) is 15.2 Å². The maximum atomic E-state index is 11.2. The highest BCUT2D eigenvalue weighted by atomic mass is 32.1. The second-order valence-electron chi connectivity index (χ2n) is 5.47. The summed E-state index contributed by atoms with van der Waals surface area (Å²) in [5.41, 5.74) is 1.33. The molecule has 3 rings (SSSR count). The van der Waals surface area contributed by atoms with Crippen LogP contribution in [0.15, 0.2) is 12.1 Å². The van der Waals surface area contributed by atoms with Crippen molar-refractivity contribution in [3.8, 4) is 0 Å². The van der Waals surface area contributed by atoms with Crippen molar-refractivity contribution in [1.82, 2.24) is 4.98 Å². The van der Waals surface area contributed by atoms with Crippen LogP contribution >= 0.6 is 11.3 Å². The number of aromatic nitrogens is 1. The lowest BCUT2D eigenvalue weighted by atomic mass is 10.1. The zero-order valence-electron chi connectivity index (χ0n) is 11.7. The summed E-state index contributed by atoms with van der Waals surface area (Å²) in [4.78, 5) is 15.2. The Morgan fingerprint density at radius 1 is 1.52 bits per heavy atom. The van der Waals surface area contributed by atoms with Gasteiger partial charge in [-0.15, -0.1) is 11.3 Å². The summed E-state index contributed by atoms with van der Waals surface area (Å²) in [5.74, 6) is 0.164. The van der Waals surface area contributed by atoms with Crippen LogP contribution in [0.1, 0.15) is 24.3 Å². The molecular weight excluding hydrogens is 290 g/mol. The van der Waals surface area contributed by atoms with Crippen molar-refractivity contribution in [2.75, 3.05) is 11.9 Å². The molecule has 0 spiro atoms. The number of hydrogen-bond donors (Lipinski definition) is 2. The highest BCUT2D eigenvalue weighted by Crippen LogP contribution is 2.34. The Morgan fingerprint density at radius 2 is 2.33 bits per heavy atom. The molecule has 0 amide bonds. The molecule has 1 aromatic carbocycles. The molecular formula is C14H17N3O3S. The van der Waals surface area contributed by atoms with Crippen LogP contribution in [0, 0.1) is 23.0 Å². The van der Waals surface area contributed by atoms with Crippen molar-refractivity contribution < 1.29 is 10.0 Å². The first-order valence-corrected chi connectivity index (χ1v) is 7.84. The highest BCUT2D eigenvalue weighted by molar-refractivity contribution is 7.18. The molecule has 0 saturated heterocycles. The Morgan fingerprint density at radius 3 is 3.00 bits per heavy atom. The molecule has 2 unspecified atom stereocenters. The SMILES string of the molecule is Cc1nc2cc(NCC3CCCC3O)c([N+](=O)[O-])cc2s1. The van der Waals surface area contributed by atoms with Crippen molar-refractivity contribution in [1.29, 1.82) is 0 Å². The van der Waals surface area contributed by atoms with Gasteiger partial charge in [0.05, 0.1) is 26.3 Å². The predicted molar refractivity (Wildman–Crippen MR) is 82.8 cm³/mol. The second-order valence-corrected chi connectivity index (χ2v) is 6.70. The number of thiazole rings is 1. The molecule has 7 heteroatoms. The Labute approximate surface area is 126 Å². The van der Waals surface area contributed by atoms with Crippen molar-refractivity contribution >= 4 is 32.9 Å². The van der Waals surface area contributed by atoms with Gasteiger partial charge < -0.3 is 10.4 Å². The van der Waals surface area contributed by atoms with Crippen LogP contribution in [0.3, 0.4) is 0 Å². The van der Waals surface area contributed by atoms with Crippen molar-refractivity contribution in [3.63, 3.8) is 0 Å². The summed E-state index contributed by atoms with van der Waals surface area (Å²) in [6.07, 6.45) is 2.49. The molecule has 2 aromatic rings. The molecule has 1 fully saturated rings. The molecule has 2 atom stereocenters. The van der Waals surface area contributed by atoms with Crippen LogP contribution in [0.4, 0.5) is 11.4 Å². The van der Waals surface area contributed by atoms with Gasteiger partial charge in [-0.3, -0.25) is 10.1 Å². The molecule has 1 aromatic heterocycles. The number of benzene rings is 1. The van der Waals surface area contributed by atoms with Crippen LogP contribution < -0.4 is 5.32 Å². The summed E-state index contributed by atoms with van der Waals surface area (Å²) >= 11 is 1.45. The van der Waals surface area contributed by atoms with Gasteiger partial charge >= 0.3 is 0 Å². The van der Waals surface area contributed by atoms with Gasteiger partial charge in [0.25, 0.3) is 5.69 Å².